The van der Waals surface area contributed by atoms with E-state index in [1.54, 1.807) is 0 Å². The second-order valence-electron chi connectivity index (χ2n) is 3.60. The van der Waals surface area contributed by atoms with Gasteiger partial charge in [0.2, 0.25) is 10.1 Å². The van der Waals surface area contributed by atoms with Crippen molar-refractivity contribution in [3.63, 3.8) is 0 Å². The summed E-state index contributed by atoms with van der Waals surface area (Å²) >= 11 is 1.16. The number of rotatable bonds is 5. The van der Waals surface area contributed by atoms with Crippen LogP contribution in [0.15, 0.2) is 16.9 Å². The third kappa shape index (κ3) is 3.58. The Kier molecular flexibility index (Phi) is 4.18. The van der Waals surface area contributed by atoms with Gasteiger partial charge in [0.25, 0.3) is 11.5 Å². The van der Waals surface area contributed by atoms with Crippen molar-refractivity contribution in [3.05, 3.63) is 27.5 Å². The van der Waals surface area contributed by atoms with Crippen molar-refractivity contribution in [2.45, 2.75) is 13.3 Å². The van der Waals surface area contributed by atoms with E-state index in [-0.39, 0.29) is 16.4 Å². The van der Waals surface area contributed by atoms with E-state index in [2.05, 4.69) is 31.0 Å². The second kappa shape index (κ2) is 6.05. The van der Waals surface area contributed by atoms with Gasteiger partial charge in [-0.3, -0.25) is 9.59 Å². The molecule has 0 aliphatic heterocycles. The molecule has 100 valence electrons. The van der Waals surface area contributed by atoms with Gasteiger partial charge in [0.1, 0.15) is 0 Å². The van der Waals surface area contributed by atoms with Gasteiger partial charge in [-0.15, -0.1) is 10.2 Å². The molecule has 0 aliphatic carbocycles. The summed E-state index contributed by atoms with van der Waals surface area (Å²) in [4.78, 5) is 22.6. The van der Waals surface area contributed by atoms with Gasteiger partial charge in [-0.25, -0.2) is 5.10 Å². The van der Waals surface area contributed by atoms with Gasteiger partial charge in [0.05, 0.1) is 0 Å². The molecule has 2 heterocycles. The minimum Gasteiger partial charge on any atom is -0.360 e. The van der Waals surface area contributed by atoms with E-state index >= 15 is 0 Å². The number of aromatic nitrogens is 4. The standard InChI is InChI=1S/C10H12N6O2S/c1-2-5-11-10-16-15-9(19-10)8(18)12-6-3-4-7(17)14-13-6/h3-4H,2,5H2,1H3,(H,11,16)(H,14,17)(H,12,13,18). The Balaban J connectivity index is 2.01. The molecule has 0 aromatic carbocycles. The van der Waals surface area contributed by atoms with Gasteiger partial charge >= 0.3 is 0 Å². The minimum atomic E-state index is -0.415. The molecule has 0 saturated heterocycles. The lowest BCUT2D eigenvalue weighted by molar-refractivity contribution is 0.102. The quantitative estimate of drug-likeness (QED) is 0.743. The summed E-state index contributed by atoms with van der Waals surface area (Å²) in [5, 5.41) is 19.9. The fourth-order valence-electron chi connectivity index (χ4n) is 1.20. The lowest BCUT2D eigenvalue weighted by atomic mass is 10.5. The van der Waals surface area contributed by atoms with Crippen molar-refractivity contribution in [2.24, 2.45) is 0 Å². The number of hydrogen-bond donors (Lipinski definition) is 3. The van der Waals surface area contributed by atoms with Crippen LogP contribution in [0.3, 0.4) is 0 Å². The van der Waals surface area contributed by atoms with E-state index in [1.165, 1.54) is 12.1 Å². The smallest absolute Gasteiger partial charge is 0.287 e. The zero-order chi connectivity index (χ0) is 13.7. The number of carbonyl (C=O) groups excluding carboxylic acids is 1. The van der Waals surface area contributed by atoms with Crippen molar-refractivity contribution < 1.29 is 4.79 Å². The highest BCUT2D eigenvalue weighted by Crippen LogP contribution is 2.15. The molecule has 19 heavy (non-hydrogen) atoms. The van der Waals surface area contributed by atoms with Gasteiger partial charge in [0, 0.05) is 12.6 Å². The Morgan fingerprint density at radius 1 is 1.42 bits per heavy atom. The molecule has 0 aliphatic rings. The van der Waals surface area contributed by atoms with Gasteiger partial charge in [-0.1, -0.05) is 18.3 Å². The third-order valence-electron chi connectivity index (χ3n) is 2.07. The average molecular weight is 280 g/mol. The highest BCUT2D eigenvalue weighted by atomic mass is 32.1. The number of H-pyrrole nitrogens is 1. The molecule has 0 bridgehead atoms. The molecule has 1 amide bonds. The van der Waals surface area contributed by atoms with Crippen LogP contribution in [0.2, 0.25) is 0 Å². The Bertz CT molecular complexity index is 602. The Morgan fingerprint density at radius 3 is 2.95 bits per heavy atom. The number of anilines is 2. The number of carbonyl (C=O) groups is 1. The van der Waals surface area contributed by atoms with E-state index in [9.17, 15) is 9.59 Å². The first kappa shape index (κ1) is 13.1. The molecule has 0 atom stereocenters. The number of nitrogens with one attached hydrogen (secondary N) is 3. The molecule has 8 nitrogen and oxygen atoms in total. The van der Waals surface area contributed by atoms with Crippen molar-refractivity contribution in [1.82, 2.24) is 20.4 Å². The topological polar surface area (TPSA) is 113 Å². The van der Waals surface area contributed by atoms with Crippen LogP contribution in [0, 0.1) is 0 Å². The Morgan fingerprint density at radius 2 is 2.26 bits per heavy atom. The number of aromatic amines is 1. The van der Waals surface area contributed by atoms with Gasteiger partial charge in [-0.2, -0.15) is 5.10 Å². The fraction of sp³-hybridized carbons (Fsp3) is 0.300. The van der Waals surface area contributed by atoms with Crippen LogP contribution in [0.4, 0.5) is 10.9 Å². The maximum Gasteiger partial charge on any atom is 0.287 e. The van der Waals surface area contributed by atoms with Crippen LogP contribution in [-0.4, -0.2) is 32.8 Å². The average Bonchev–Trinajstić information content (AvgIpc) is 2.88. The van der Waals surface area contributed by atoms with E-state index in [4.69, 9.17) is 0 Å². The maximum atomic E-state index is 11.8. The Hall–Kier alpha value is -2.29. The van der Waals surface area contributed by atoms with Crippen LogP contribution >= 0.6 is 11.3 Å². The molecular formula is C10H12N6O2S. The molecule has 0 saturated carbocycles. The molecule has 2 rings (SSSR count). The molecule has 2 aromatic rings. The monoisotopic (exact) mass is 280 g/mol. The molecular weight excluding hydrogens is 268 g/mol. The first-order chi connectivity index (χ1) is 9.19. The molecule has 9 heteroatoms. The summed E-state index contributed by atoms with van der Waals surface area (Å²) in [5.41, 5.74) is -0.333. The minimum absolute atomic E-state index is 0.228. The first-order valence-electron chi connectivity index (χ1n) is 5.63. The first-order valence-corrected chi connectivity index (χ1v) is 6.45. The van der Waals surface area contributed by atoms with E-state index in [1.807, 2.05) is 6.92 Å². The lowest BCUT2D eigenvalue weighted by Gasteiger charge is -1.99. The fourth-order valence-corrected chi connectivity index (χ4v) is 1.87. The van der Waals surface area contributed by atoms with Gasteiger partial charge in [-0.05, 0) is 12.5 Å². The molecule has 3 N–H and O–H groups in total. The van der Waals surface area contributed by atoms with Crippen LogP contribution in [0.5, 0.6) is 0 Å². The van der Waals surface area contributed by atoms with Gasteiger partial charge in [0.15, 0.2) is 5.82 Å². The predicted octanol–water partition coefficient (Wildman–Crippen LogP) is 0.696. The maximum absolute atomic E-state index is 11.8. The summed E-state index contributed by atoms with van der Waals surface area (Å²) in [5.74, 6) is -0.163. The highest BCUT2D eigenvalue weighted by Gasteiger charge is 2.13. The van der Waals surface area contributed by atoms with Crippen molar-refractivity contribution >= 4 is 28.2 Å². The zero-order valence-corrected chi connectivity index (χ0v) is 11.0. The van der Waals surface area contributed by atoms with Gasteiger partial charge < -0.3 is 10.6 Å². The highest BCUT2D eigenvalue weighted by molar-refractivity contribution is 7.17. The summed E-state index contributed by atoms with van der Waals surface area (Å²) < 4.78 is 0. The normalized spacial score (nSPS) is 10.2. The Labute approximate surface area is 112 Å². The SMILES string of the molecule is CCCNc1nnc(C(=O)Nc2ccc(=O)[nH]n2)s1. The number of nitrogens with zero attached hydrogens (tertiary/aromatic N) is 3. The third-order valence-corrected chi connectivity index (χ3v) is 2.95. The van der Waals surface area contributed by atoms with Crippen molar-refractivity contribution in [3.8, 4) is 0 Å². The summed E-state index contributed by atoms with van der Waals surface area (Å²) in [6.45, 7) is 2.81. The molecule has 2 aromatic heterocycles. The summed E-state index contributed by atoms with van der Waals surface area (Å²) in [7, 11) is 0. The van der Waals surface area contributed by atoms with Crippen molar-refractivity contribution in [1.29, 1.82) is 0 Å². The summed E-state index contributed by atoms with van der Waals surface area (Å²) in [6, 6.07) is 2.69. The lowest BCUT2D eigenvalue weighted by Crippen LogP contribution is -2.15. The molecule has 0 radical (unpaired) electrons. The molecule has 0 spiro atoms. The molecule has 0 fully saturated rings. The van der Waals surface area contributed by atoms with Crippen LogP contribution in [-0.2, 0) is 0 Å². The van der Waals surface area contributed by atoms with E-state index < -0.39 is 5.91 Å². The number of hydrogen-bond acceptors (Lipinski definition) is 7. The zero-order valence-electron chi connectivity index (χ0n) is 10.1. The summed E-state index contributed by atoms with van der Waals surface area (Å²) in [6.07, 6.45) is 0.961. The van der Waals surface area contributed by atoms with Crippen LogP contribution < -0.4 is 16.2 Å². The number of amides is 1. The molecule has 0 unspecified atom stereocenters. The van der Waals surface area contributed by atoms with E-state index in [0.717, 1.165) is 24.3 Å². The largest absolute Gasteiger partial charge is 0.360 e. The van der Waals surface area contributed by atoms with Crippen LogP contribution in [0.1, 0.15) is 23.1 Å². The van der Waals surface area contributed by atoms with E-state index in [0.29, 0.717) is 5.13 Å². The predicted molar refractivity (Wildman–Crippen MR) is 71.5 cm³/mol. The van der Waals surface area contributed by atoms with Crippen LogP contribution in [0.25, 0.3) is 0 Å². The van der Waals surface area contributed by atoms with Crippen molar-refractivity contribution in [2.75, 3.05) is 17.2 Å². The second-order valence-corrected chi connectivity index (χ2v) is 4.58.